The zero-order valence-electron chi connectivity index (χ0n) is 29.1. The Bertz CT molecular complexity index is 2610. The van der Waals surface area contributed by atoms with E-state index in [1.807, 2.05) is 18.2 Å². The highest BCUT2D eigenvalue weighted by molar-refractivity contribution is 6.88. The van der Waals surface area contributed by atoms with Crippen LogP contribution in [0.3, 0.4) is 0 Å². The van der Waals surface area contributed by atoms with Crippen molar-refractivity contribution in [3.8, 4) is 51.0 Å². The summed E-state index contributed by atoms with van der Waals surface area (Å²) in [6, 6.07) is 50.0. The summed E-state index contributed by atoms with van der Waals surface area (Å²) >= 11 is 0. The fourth-order valence-electron chi connectivity index (χ4n) is 7.84. The molecule has 0 radical (unpaired) electrons. The van der Waals surface area contributed by atoms with Crippen molar-refractivity contribution in [2.45, 2.75) is 38.9 Å². The fraction of sp³-hybridized carbons (Fsp3) is 0.133. The number of fused-ring (bicyclic) bond motifs is 7. The lowest BCUT2D eigenvalue weighted by molar-refractivity contribution is 0.664. The van der Waals surface area contributed by atoms with Crippen molar-refractivity contribution < 1.29 is 0 Å². The molecule has 0 spiro atoms. The van der Waals surface area contributed by atoms with Gasteiger partial charge in [0.25, 0.3) is 0 Å². The molecule has 0 fully saturated rings. The van der Waals surface area contributed by atoms with Crippen molar-refractivity contribution in [2.75, 3.05) is 0 Å². The number of nitrogens with zero attached hydrogens (tertiary/aromatic N) is 4. The molecule has 4 nitrogen and oxygen atoms in total. The van der Waals surface area contributed by atoms with Crippen LogP contribution in [0.2, 0.25) is 19.6 Å². The summed E-state index contributed by atoms with van der Waals surface area (Å²) in [6.07, 6.45) is 0. The first-order valence-electron chi connectivity index (χ1n) is 17.4. The second-order valence-corrected chi connectivity index (χ2v) is 20.0. The highest BCUT2D eigenvalue weighted by Gasteiger charge is 2.38. The molecular weight excluding hydrogens is 625 g/mol. The fourth-order valence-corrected chi connectivity index (χ4v) is 9.02. The topological polar surface area (TPSA) is 43.6 Å². The largest absolute Gasteiger partial charge is 0.309 e. The van der Waals surface area contributed by atoms with Crippen LogP contribution in [0.5, 0.6) is 0 Å². The molecule has 0 aliphatic heterocycles. The average Bonchev–Trinajstić information content (AvgIpc) is 3.60. The lowest BCUT2D eigenvalue weighted by Gasteiger charge is -2.23. The Labute approximate surface area is 294 Å². The van der Waals surface area contributed by atoms with Gasteiger partial charge in [-0.05, 0) is 40.5 Å². The summed E-state index contributed by atoms with van der Waals surface area (Å²) < 4.78 is 2.46. The Morgan fingerprint density at radius 1 is 0.520 bits per heavy atom. The van der Waals surface area contributed by atoms with Gasteiger partial charge in [0.05, 0.1) is 19.1 Å². The van der Waals surface area contributed by atoms with Crippen LogP contribution in [0.15, 0.2) is 140 Å². The van der Waals surface area contributed by atoms with Crippen molar-refractivity contribution >= 4 is 35.1 Å². The van der Waals surface area contributed by atoms with E-state index >= 15 is 0 Å². The predicted molar refractivity (Wildman–Crippen MR) is 211 cm³/mol. The molecule has 242 valence electrons. The highest BCUT2D eigenvalue weighted by Crippen LogP contribution is 2.52. The number of rotatable bonds is 5. The van der Waals surface area contributed by atoms with Gasteiger partial charge in [-0.15, -0.1) is 0 Å². The lowest BCUT2D eigenvalue weighted by atomic mass is 9.81. The zero-order valence-corrected chi connectivity index (χ0v) is 30.1. The normalized spacial score (nSPS) is 13.5. The van der Waals surface area contributed by atoms with Crippen LogP contribution in [0.25, 0.3) is 72.8 Å². The Morgan fingerprint density at radius 3 is 1.90 bits per heavy atom. The van der Waals surface area contributed by atoms with Gasteiger partial charge in [-0.1, -0.05) is 160 Å². The van der Waals surface area contributed by atoms with Crippen LogP contribution in [0.4, 0.5) is 0 Å². The summed E-state index contributed by atoms with van der Waals surface area (Å²) in [7, 11) is -1.55. The average molecular weight is 663 g/mol. The first kappa shape index (κ1) is 30.4. The van der Waals surface area contributed by atoms with Crippen LogP contribution in [-0.2, 0) is 5.41 Å². The number of aromatic nitrogens is 4. The van der Waals surface area contributed by atoms with Gasteiger partial charge in [0.2, 0.25) is 0 Å². The molecule has 0 atom stereocenters. The smallest absolute Gasteiger partial charge is 0.164 e. The van der Waals surface area contributed by atoms with Crippen molar-refractivity contribution in [2.24, 2.45) is 0 Å². The van der Waals surface area contributed by atoms with Crippen molar-refractivity contribution in [3.63, 3.8) is 0 Å². The third kappa shape index (κ3) is 4.76. The van der Waals surface area contributed by atoms with E-state index in [1.165, 1.54) is 49.2 Å². The minimum absolute atomic E-state index is 0.159. The molecular formula is C45H38N4Si. The van der Waals surface area contributed by atoms with E-state index < -0.39 is 8.07 Å². The highest BCUT2D eigenvalue weighted by atomic mass is 28.3. The van der Waals surface area contributed by atoms with E-state index in [-0.39, 0.29) is 5.41 Å². The molecule has 1 aliphatic rings. The third-order valence-corrected chi connectivity index (χ3v) is 12.4. The van der Waals surface area contributed by atoms with Crippen LogP contribution >= 0.6 is 0 Å². The van der Waals surface area contributed by atoms with E-state index in [2.05, 4.69) is 159 Å². The summed E-state index contributed by atoms with van der Waals surface area (Å²) in [6.45, 7) is 11.8. The SMILES string of the molecule is CC1(C)c2ccccc2-c2ccc3c4ccccc4n(-c4cccc(-c5nc(-c6ccccc6)nc(-c6cccc([Si](C)(C)C)c6)n5)c4)c3c21. The summed E-state index contributed by atoms with van der Waals surface area (Å²) in [4.78, 5) is 15.3. The Balaban J connectivity index is 1.28. The maximum absolute atomic E-state index is 5.16. The maximum atomic E-state index is 5.16. The second-order valence-electron chi connectivity index (χ2n) is 15.0. The van der Waals surface area contributed by atoms with Gasteiger partial charge in [-0.2, -0.15) is 0 Å². The van der Waals surface area contributed by atoms with Gasteiger partial charge in [0.15, 0.2) is 17.5 Å². The molecule has 0 N–H and O–H groups in total. The Hall–Kier alpha value is -5.65. The van der Waals surface area contributed by atoms with Crippen molar-refractivity contribution in [1.82, 2.24) is 19.5 Å². The number of hydrogen-bond acceptors (Lipinski definition) is 3. The summed E-state index contributed by atoms with van der Waals surface area (Å²) in [5.41, 5.74) is 11.7. The minimum atomic E-state index is -1.55. The van der Waals surface area contributed by atoms with Gasteiger partial charge in [0, 0.05) is 38.6 Å². The quantitative estimate of drug-likeness (QED) is 0.172. The summed E-state index contributed by atoms with van der Waals surface area (Å²) in [5.74, 6) is 2.02. The molecule has 9 rings (SSSR count). The lowest BCUT2D eigenvalue weighted by Crippen LogP contribution is -2.37. The molecule has 1 aliphatic carbocycles. The molecule has 0 bridgehead atoms. The first-order chi connectivity index (χ1) is 24.2. The van der Waals surface area contributed by atoms with Crippen LogP contribution < -0.4 is 5.19 Å². The number of benzene rings is 6. The van der Waals surface area contributed by atoms with Crippen LogP contribution in [0.1, 0.15) is 25.0 Å². The van der Waals surface area contributed by atoms with Gasteiger partial charge in [0.1, 0.15) is 0 Å². The van der Waals surface area contributed by atoms with Crippen LogP contribution in [0, 0.1) is 0 Å². The van der Waals surface area contributed by atoms with Crippen molar-refractivity contribution in [3.05, 3.63) is 151 Å². The molecule has 2 heterocycles. The van der Waals surface area contributed by atoms with E-state index in [1.54, 1.807) is 0 Å². The molecule has 5 heteroatoms. The van der Waals surface area contributed by atoms with Gasteiger partial charge >= 0.3 is 0 Å². The standard InChI is InChI=1S/C45H38N4Si/c1-45(2)38-23-11-9-21-34(38)36-25-26-37-35-22-10-12-24-39(35)49(41(37)40(36)45)32-19-13-17-30(27-32)43-46-42(29-15-7-6-8-16-29)47-44(48-43)31-18-14-20-33(28-31)50(3,4)5/h6-28H,1-5H3. The zero-order chi connectivity index (χ0) is 34.2. The molecule has 0 amide bonds. The molecule has 6 aromatic carbocycles. The third-order valence-electron chi connectivity index (χ3n) is 10.4. The van der Waals surface area contributed by atoms with Gasteiger partial charge in [-0.3, -0.25) is 0 Å². The minimum Gasteiger partial charge on any atom is -0.309 e. The van der Waals surface area contributed by atoms with Crippen molar-refractivity contribution in [1.29, 1.82) is 0 Å². The molecule has 0 saturated carbocycles. The number of hydrogen-bond donors (Lipinski definition) is 0. The Morgan fingerprint density at radius 2 is 1.14 bits per heavy atom. The van der Waals surface area contributed by atoms with Crippen LogP contribution in [-0.4, -0.2) is 27.6 Å². The van der Waals surface area contributed by atoms with Gasteiger partial charge < -0.3 is 4.57 Å². The van der Waals surface area contributed by atoms with E-state index in [0.29, 0.717) is 17.5 Å². The van der Waals surface area contributed by atoms with E-state index in [9.17, 15) is 0 Å². The molecule has 50 heavy (non-hydrogen) atoms. The molecule has 2 aromatic heterocycles. The maximum Gasteiger partial charge on any atom is 0.164 e. The predicted octanol–water partition coefficient (Wildman–Crippen LogP) is 10.8. The van der Waals surface area contributed by atoms with Gasteiger partial charge in [-0.25, -0.2) is 15.0 Å². The number of para-hydroxylation sites is 1. The molecule has 8 aromatic rings. The second kappa shape index (κ2) is 11.2. The Kier molecular flexibility index (Phi) is 6.81. The van der Waals surface area contributed by atoms with E-state index in [0.717, 1.165) is 22.4 Å². The molecule has 0 unspecified atom stereocenters. The van der Waals surface area contributed by atoms with E-state index in [4.69, 9.17) is 15.0 Å². The monoisotopic (exact) mass is 662 g/mol. The molecule has 0 saturated heterocycles. The summed E-state index contributed by atoms with van der Waals surface area (Å²) in [5, 5.41) is 3.89. The first-order valence-corrected chi connectivity index (χ1v) is 20.9.